The van der Waals surface area contributed by atoms with E-state index in [4.69, 9.17) is 14.2 Å². The predicted molar refractivity (Wildman–Crippen MR) is 158 cm³/mol. The number of nitrogens with one attached hydrogen (secondary N) is 1. The standard InChI is InChI=1S/C35H26N2O6/c1-41-26-13-7-4-10-23(26)32(39)29-30(31(38)21-14-15-27-28(18-21)43-19-42-27)37-17-16-20-8-2-3-9-22(20)33(37)35(29)24-11-5-6-12-25(24)36-34(35)40/h2-18,29-30,33H,19H2,1H3,(H,36,40)/t29-,30-,33-,35-/m1/s1. The van der Waals surface area contributed by atoms with Crippen molar-refractivity contribution in [3.8, 4) is 17.2 Å². The number of Topliss-reactive ketones (excluding diaryl/α,β-unsaturated/α-hetero) is 2. The Labute approximate surface area is 247 Å². The van der Waals surface area contributed by atoms with E-state index in [0.717, 1.165) is 11.1 Å². The highest BCUT2D eigenvalue weighted by Gasteiger charge is 2.71. The summed E-state index contributed by atoms with van der Waals surface area (Å²) in [4.78, 5) is 46.3. The summed E-state index contributed by atoms with van der Waals surface area (Å²) in [7, 11) is 1.51. The summed E-state index contributed by atoms with van der Waals surface area (Å²) >= 11 is 0. The maximum atomic E-state index is 15.0. The number of nitrogens with zero attached hydrogens (tertiary/aromatic N) is 1. The van der Waals surface area contributed by atoms with Crippen molar-refractivity contribution in [2.75, 3.05) is 19.2 Å². The minimum Gasteiger partial charge on any atom is -0.496 e. The number of anilines is 1. The zero-order chi connectivity index (χ0) is 29.3. The molecule has 0 aliphatic carbocycles. The quantitative estimate of drug-likeness (QED) is 0.321. The number of ketones is 2. The fourth-order valence-corrected chi connectivity index (χ4v) is 7.40. The SMILES string of the molecule is COc1ccccc1C(=O)[C@H]1[C@H](C(=O)c2ccc3c(c2)OCO3)N2C=Cc3ccccc3[C@@H]2[C@]12C(=O)Nc1ccccc12. The number of para-hydroxylation sites is 2. The first kappa shape index (κ1) is 25.3. The molecule has 8 nitrogen and oxygen atoms in total. The third-order valence-electron chi connectivity index (χ3n) is 9.15. The van der Waals surface area contributed by atoms with Gasteiger partial charge in [-0.2, -0.15) is 0 Å². The number of amides is 1. The summed E-state index contributed by atoms with van der Waals surface area (Å²) in [5.74, 6) is -0.668. The second-order valence-electron chi connectivity index (χ2n) is 11.1. The van der Waals surface area contributed by atoms with E-state index in [2.05, 4.69) is 5.32 Å². The van der Waals surface area contributed by atoms with Gasteiger partial charge in [0, 0.05) is 17.5 Å². The molecule has 1 spiro atoms. The van der Waals surface area contributed by atoms with Crippen LogP contribution in [0.2, 0.25) is 0 Å². The Hall–Kier alpha value is -5.37. The lowest BCUT2D eigenvalue weighted by molar-refractivity contribution is -0.122. The van der Waals surface area contributed by atoms with Gasteiger partial charge in [0.05, 0.1) is 24.6 Å². The van der Waals surface area contributed by atoms with E-state index in [1.54, 1.807) is 42.5 Å². The molecule has 4 aromatic carbocycles. The first-order valence-corrected chi connectivity index (χ1v) is 14.1. The van der Waals surface area contributed by atoms with E-state index in [9.17, 15) is 9.59 Å². The Bertz CT molecular complexity index is 1880. The van der Waals surface area contributed by atoms with Gasteiger partial charge in [-0.3, -0.25) is 14.4 Å². The lowest BCUT2D eigenvalue weighted by atomic mass is 9.62. The van der Waals surface area contributed by atoms with Crippen molar-refractivity contribution in [1.82, 2.24) is 4.90 Å². The van der Waals surface area contributed by atoms with Crippen LogP contribution in [0.15, 0.2) is 97.2 Å². The molecular formula is C35H26N2O6. The summed E-state index contributed by atoms with van der Waals surface area (Å²) in [6.07, 6.45) is 3.79. The molecule has 43 heavy (non-hydrogen) atoms. The number of hydrogen-bond donors (Lipinski definition) is 1. The Morgan fingerprint density at radius 1 is 0.907 bits per heavy atom. The maximum Gasteiger partial charge on any atom is 0.238 e. The van der Waals surface area contributed by atoms with Crippen molar-refractivity contribution in [3.63, 3.8) is 0 Å². The van der Waals surface area contributed by atoms with Crippen LogP contribution in [-0.2, 0) is 10.2 Å². The number of carbonyl (C=O) groups excluding carboxylic acids is 3. The molecule has 4 aromatic rings. The normalized spacial score (nSPS) is 23.9. The molecule has 0 radical (unpaired) electrons. The van der Waals surface area contributed by atoms with E-state index in [1.165, 1.54) is 7.11 Å². The predicted octanol–water partition coefficient (Wildman–Crippen LogP) is 5.41. The van der Waals surface area contributed by atoms with Gasteiger partial charge in [0.25, 0.3) is 0 Å². The summed E-state index contributed by atoms with van der Waals surface area (Å²) in [6.45, 7) is 0.0686. The van der Waals surface area contributed by atoms with Crippen LogP contribution in [0.1, 0.15) is 43.4 Å². The Balaban J connectivity index is 1.42. The topological polar surface area (TPSA) is 94.2 Å². The van der Waals surface area contributed by atoms with E-state index in [-0.39, 0.29) is 24.3 Å². The molecule has 1 fully saturated rings. The minimum atomic E-state index is -1.42. The van der Waals surface area contributed by atoms with Crippen LogP contribution >= 0.6 is 0 Å². The van der Waals surface area contributed by atoms with Crippen LogP contribution in [0.5, 0.6) is 17.2 Å². The van der Waals surface area contributed by atoms with E-state index in [0.29, 0.717) is 39.6 Å². The molecule has 8 heteroatoms. The Morgan fingerprint density at radius 2 is 1.67 bits per heavy atom. The number of hydrogen-bond acceptors (Lipinski definition) is 7. The molecule has 0 saturated carbocycles. The third-order valence-corrected chi connectivity index (χ3v) is 9.15. The number of benzene rings is 4. The molecular weight excluding hydrogens is 544 g/mol. The molecule has 0 aromatic heterocycles. The van der Waals surface area contributed by atoms with Crippen LogP contribution in [0.25, 0.3) is 6.08 Å². The lowest BCUT2D eigenvalue weighted by Crippen LogP contribution is -2.49. The van der Waals surface area contributed by atoms with E-state index in [1.807, 2.05) is 65.7 Å². The largest absolute Gasteiger partial charge is 0.496 e. The number of rotatable bonds is 5. The van der Waals surface area contributed by atoms with Gasteiger partial charge in [0.2, 0.25) is 12.7 Å². The highest BCUT2D eigenvalue weighted by atomic mass is 16.7. The van der Waals surface area contributed by atoms with Gasteiger partial charge in [-0.1, -0.05) is 54.6 Å². The smallest absolute Gasteiger partial charge is 0.238 e. The van der Waals surface area contributed by atoms with Gasteiger partial charge < -0.3 is 24.4 Å². The van der Waals surface area contributed by atoms with Crippen LogP contribution in [0.3, 0.4) is 0 Å². The lowest BCUT2D eigenvalue weighted by Gasteiger charge is -2.38. The zero-order valence-electron chi connectivity index (χ0n) is 23.2. The summed E-state index contributed by atoms with van der Waals surface area (Å²) < 4.78 is 16.7. The molecule has 0 bridgehead atoms. The Kier molecular flexibility index (Phi) is 5.50. The minimum absolute atomic E-state index is 0.0686. The van der Waals surface area contributed by atoms with Crippen LogP contribution in [0.4, 0.5) is 5.69 Å². The monoisotopic (exact) mass is 570 g/mol. The second kappa shape index (κ2) is 9.32. The fourth-order valence-electron chi connectivity index (χ4n) is 7.40. The van der Waals surface area contributed by atoms with Gasteiger partial charge in [0.15, 0.2) is 23.1 Å². The number of carbonyl (C=O) groups is 3. The van der Waals surface area contributed by atoms with E-state index >= 15 is 4.79 Å². The van der Waals surface area contributed by atoms with Gasteiger partial charge in [-0.15, -0.1) is 0 Å². The third kappa shape index (κ3) is 3.40. The zero-order valence-corrected chi connectivity index (χ0v) is 23.2. The molecule has 1 amide bonds. The van der Waals surface area contributed by atoms with Crippen molar-refractivity contribution in [1.29, 1.82) is 0 Å². The van der Waals surface area contributed by atoms with Crippen molar-refractivity contribution in [2.45, 2.75) is 17.5 Å². The van der Waals surface area contributed by atoms with Gasteiger partial charge in [0.1, 0.15) is 17.2 Å². The maximum absolute atomic E-state index is 15.0. The molecule has 4 heterocycles. The summed E-state index contributed by atoms with van der Waals surface area (Å²) in [6, 6.07) is 25.6. The molecule has 0 unspecified atom stereocenters. The molecule has 212 valence electrons. The Morgan fingerprint density at radius 3 is 2.56 bits per heavy atom. The van der Waals surface area contributed by atoms with Crippen molar-refractivity contribution in [2.24, 2.45) is 5.92 Å². The highest BCUT2D eigenvalue weighted by Crippen LogP contribution is 2.62. The molecule has 4 aliphatic heterocycles. The molecule has 1 N–H and O–H groups in total. The van der Waals surface area contributed by atoms with Gasteiger partial charge in [-0.25, -0.2) is 0 Å². The van der Waals surface area contributed by atoms with Crippen molar-refractivity contribution in [3.05, 3.63) is 125 Å². The van der Waals surface area contributed by atoms with E-state index < -0.39 is 23.4 Å². The van der Waals surface area contributed by atoms with Gasteiger partial charge in [-0.05, 0) is 59.2 Å². The molecule has 4 aliphatic rings. The fraction of sp³-hybridized carbons (Fsp3) is 0.171. The van der Waals surface area contributed by atoms with Gasteiger partial charge >= 0.3 is 0 Å². The summed E-state index contributed by atoms with van der Waals surface area (Å²) in [5, 5.41) is 3.07. The average Bonchev–Trinajstić information content (AvgIpc) is 3.73. The van der Waals surface area contributed by atoms with Crippen molar-refractivity contribution < 1.29 is 28.6 Å². The number of ether oxygens (including phenoxy) is 3. The number of methoxy groups -OCH3 is 1. The van der Waals surface area contributed by atoms with Crippen molar-refractivity contribution >= 4 is 29.2 Å². The molecule has 4 atom stereocenters. The molecule has 8 rings (SSSR count). The highest BCUT2D eigenvalue weighted by molar-refractivity contribution is 6.17. The van der Waals surface area contributed by atoms with Crippen LogP contribution in [-0.4, -0.2) is 42.3 Å². The number of fused-ring (bicyclic) bond motifs is 7. The molecule has 1 saturated heterocycles. The summed E-state index contributed by atoms with van der Waals surface area (Å²) in [5.41, 5.74) is 2.37. The van der Waals surface area contributed by atoms with Crippen LogP contribution in [0, 0.1) is 5.92 Å². The first-order valence-electron chi connectivity index (χ1n) is 14.1. The average molecular weight is 571 g/mol. The van der Waals surface area contributed by atoms with Crippen LogP contribution < -0.4 is 19.5 Å². The first-order chi connectivity index (χ1) is 21.0. The second-order valence-corrected chi connectivity index (χ2v) is 11.1.